The molecule has 0 spiro atoms. The number of hydrogen-bond acceptors (Lipinski definition) is 6. The quantitative estimate of drug-likeness (QED) is 0.384. The standard InChI is InChI=1S/C25H25BrClFN4O4S/c1-13(29)25(33)36-18-10-16-4-5-17(11-18)32(16)37(34,35)23-9-15(3-7-20(23)27)24-30-12-22(31-24)14-2-6-19(26)21(28)8-14/h2-3,6-9,12-13,16-18H,4-5,10-11,29H2,1H3,(H,30,31)/t13-,16+,17?,18-/m0/s1. The molecule has 8 nitrogen and oxygen atoms in total. The summed E-state index contributed by atoms with van der Waals surface area (Å²) in [6, 6.07) is 8.12. The fourth-order valence-corrected chi connectivity index (χ4v) is 7.73. The van der Waals surface area contributed by atoms with Crippen molar-refractivity contribution in [3.05, 3.63) is 57.9 Å². The average molecular weight is 612 g/mol. The highest BCUT2D eigenvalue weighted by atomic mass is 79.9. The predicted molar refractivity (Wildman–Crippen MR) is 141 cm³/mol. The van der Waals surface area contributed by atoms with Gasteiger partial charge in [0.2, 0.25) is 10.0 Å². The number of imidazole rings is 1. The van der Waals surface area contributed by atoms with Gasteiger partial charge in [-0.3, -0.25) is 4.79 Å². The van der Waals surface area contributed by atoms with Crippen molar-refractivity contribution in [3.63, 3.8) is 0 Å². The number of hydrogen-bond donors (Lipinski definition) is 2. The van der Waals surface area contributed by atoms with Gasteiger partial charge >= 0.3 is 5.97 Å². The first kappa shape index (κ1) is 26.3. The van der Waals surface area contributed by atoms with Crippen LogP contribution in [-0.2, 0) is 19.6 Å². The van der Waals surface area contributed by atoms with E-state index < -0.39 is 27.9 Å². The van der Waals surface area contributed by atoms with E-state index in [9.17, 15) is 17.6 Å². The summed E-state index contributed by atoms with van der Waals surface area (Å²) >= 11 is 9.54. The minimum atomic E-state index is -3.94. The largest absolute Gasteiger partial charge is 0.461 e. The van der Waals surface area contributed by atoms with Crippen molar-refractivity contribution in [1.82, 2.24) is 14.3 Å². The fraction of sp³-hybridized carbons (Fsp3) is 0.360. The number of fused-ring (bicyclic) bond motifs is 2. The Kier molecular flexibility index (Phi) is 7.18. The first-order valence-electron chi connectivity index (χ1n) is 11.8. The van der Waals surface area contributed by atoms with Gasteiger partial charge in [0.15, 0.2) is 0 Å². The van der Waals surface area contributed by atoms with Crippen LogP contribution in [0.25, 0.3) is 22.6 Å². The topological polar surface area (TPSA) is 118 Å². The molecule has 0 amide bonds. The summed E-state index contributed by atoms with van der Waals surface area (Å²) in [5.41, 5.74) is 7.33. The Bertz CT molecular complexity index is 1450. The number of aromatic amines is 1. The maximum absolute atomic E-state index is 14.0. The minimum absolute atomic E-state index is 0.0118. The molecule has 3 N–H and O–H groups in total. The van der Waals surface area contributed by atoms with Gasteiger partial charge in [-0.25, -0.2) is 17.8 Å². The molecule has 5 rings (SSSR count). The molecule has 3 heterocycles. The highest BCUT2D eigenvalue weighted by molar-refractivity contribution is 9.10. The number of carbonyl (C=O) groups excluding carboxylic acids is 1. The second-order valence-electron chi connectivity index (χ2n) is 9.46. The lowest BCUT2D eigenvalue weighted by Gasteiger charge is -2.37. The molecule has 0 aliphatic carbocycles. The van der Waals surface area contributed by atoms with Crippen LogP contribution in [0.3, 0.4) is 0 Å². The number of esters is 1. The molecule has 2 fully saturated rings. The number of benzene rings is 2. The smallest absolute Gasteiger partial charge is 0.322 e. The van der Waals surface area contributed by atoms with Gasteiger partial charge < -0.3 is 15.5 Å². The number of sulfonamides is 1. The molecule has 0 radical (unpaired) electrons. The van der Waals surface area contributed by atoms with Crippen molar-refractivity contribution in [2.24, 2.45) is 5.73 Å². The molecular formula is C25H25BrClFN4O4S. The zero-order valence-electron chi connectivity index (χ0n) is 19.8. The van der Waals surface area contributed by atoms with Gasteiger partial charge in [-0.2, -0.15) is 4.31 Å². The van der Waals surface area contributed by atoms with Crippen molar-refractivity contribution < 1.29 is 22.3 Å². The summed E-state index contributed by atoms with van der Waals surface area (Å²) in [5, 5.41) is 0.107. The molecule has 1 aromatic heterocycles. The van der Waals surface area contributed by atoms with Gasteiger partial charge in [0.25, 0.3) is 0 Å². The Morgan fingerprint density at radius 1 is 1.22 bits per heavy atom. The monoisotopic (exact) mass is 610 g/mol. The zero-order chi connectivity index (χ0) is 26.5. The number of rotatable bonds is 6. The van der Waals surface area contributed by atoms with Crippen molar-refractivity contribution >= 4 is 43.5 Å². The molecule has 37 heavy (non-hydrogen) atoms. The Labute approximate surface area is 227 Å². The third kappa shape index (κ3) is 5.07. The molecule has 1 unspecified atom stereocenters. The molecule has 2 aliphatic heterocycles. The van der Waals surface area contributed by atoms with Crippen molar-refractivity contribution in [3.8, 4) is 22.6 Å². The third-order valence-corrected chi connectivity index (χ3v) is 9.97. The summed E-state index contributed by atoms with van der Waals surface area (Å²) in [6.45, 7) is 1.56. The van der Waals surface area contributed by atoms with Gasteiger partial charge in [-0.05, 0) is 66.0 Å². The minimum Gasteiger partial charge on any atom is -0.461 e. The number of nitrogens with zero attached hydrogens (tertiary/aromatic N) is 2. The van der Waals surface area contributed by atoms with E-state index in [4.69, 9.17) is 22.1 Å². The first-order valence-corrected chi connectivity index (χ1v) is 14.5. The van der Waals surface area contributed by atoms with E-state index >= 15 is 0 Å². The number of nitrogens with two attached hydrogens (primary N) is 1. The lowest BCUT2D eigenvalue weighted by atomic mass is 10.0. The van der Waals surface area contributed by atoms with E-state index in [1.807, 2.05) is 0 Å². The Morgan fingerprint density at radius 2 is 1.89 bits per heavy atom. The van der Waals surface area contributed by atoms with Crippen LogP contribution in [0.15, 0.2) is 52.0 Å². The SMILES string of the molecule is C[C@H](N)C(=O)O[C@@H]1CC2CC[C@H](C1)N2S(=O)(=O)c1cc(-c2ncc(-c3ccc(Br)c(F)c3)[nH]2)ccc1Cl. The van der Waals surface area contributed by atoms with Crippen molar-refractivity contribution in [2.45, 2.75) is 61.7 Å². The van der Waals surface area contributed by atoms with Gasteiger partial charge in [-0.1, -0.05) is 17.7 Å². The highest BCUT2D eigenvalue weighted by Crippen LogP contribution is 2.42. The van der Waals surface area contributed by atoms with Crippen LogP contribution in [0, 0.1) is 5.82 Å². The number of nitrogens with one attached hydrogen (secondary N) is 1. The van der Waals surface area contributed by atoms with E-state index in [1.165, 1.54) is 22.5 Å². The summed E-state index contributed by atoms with van der Waals surface area (Å²) in [5.74, 6) is -0.463. The van der Waals surface area contributed by atoms with Gasteiger partial charge in [0, 0.05) is 36.1 Å². The van der Waals surface area contributed by atoms with Crippen LogP contribution in [0.1, 0.15) is 32.6 Å². The van der Waals surface area contributed by atoms with Gasteiger partial charge in [0.1, 0.15) is 28.7 Å². The zero-order valence-corrected chi connectivity index (χ0v) is 23.0. The summed E-state index contributed by atoms with van der Waals surface area (Å²) < 4.78 is 49.0. The van der Waals surface area contributed by atoms with Crippen LogP contribution in [-0.4, -0.2) is 52.9 Å². The number of halogens is 3. The second kappa shape index (κ2) is 10.1. The van der Waals surface area contributed by atoms with Crippen LogP contribution >= 0.6 is 27.5 Å². The molecular weight excluding hydrogens is 587 g/mol. The molecule has 2 aliphatic rings. The summed E-state index contributed by atoms with van der Waals surface area (Å²) in [6.07, 6.45) is 3.38. The maximum atomic E-state index is 14.0. The van der Waals surface area contributed by atoms with Crippen molar-refractivity contribution in [1.29, 1.82) is 0 Å². The van der Waals surface area contributed by atoms with E-state index in [2.05, 4.69) is 25.9 Å². The number of H-pyrrole nitrogens is 1. The summed E-state index contributed by atoms with van der Waals surface area (Å²) in [7, 11) is -3.94. The van der Waals surface area contributed by atoms with E-state index in [-0.39, 0.29) is 28.1 Å². The highest BCUT2D eigenvalue weighted by Gasteiger charge is 2.48. The predicted octanol–water partition coefficient (Wildman–Crippen LogP) is 4.87. The molecule has 2 aromatic carbocycles. The molecule has 3 aromatic rings. The van der Waals surface area contributed by atoms with Crippen molar-refractivity contribution in [2.75, 3.05) is 0 Å². The van der Waals surface area contributed by atoms with Gasteiger partial charge in [-0.15, -0.1) is 0 Å². The Morgan fingerprint density at radius 3 is 2.54 bits per heavy atom. The second-order valence-corrected chi connectivity index (χ2v) is 12.5. The first-order chi connectivity index (χ1) is 17.5. The van der Waals surface area contributed by atoms with Crippen LogP contribution < -0.4 is 5.73 Å². The lowest BCUT2D eigenvalue weighted by molar-refractivity contribution is -0.152. The fourth-order valence-electron chi connectivity index (χ4n) is 5.08. The van der Waals surface area contributed by atoms with E-state index in [0.29, 0.717) is 52.8 Å². The molecule has 4 atom stereocenters. The Hall–Kier alpha value is -2.31. The molecule has 12 heteroatoms. The number of piperidine rings is 1. The lowest BCUT2D eigenvalue weighted by Crippen LogP contribution is -2.49. The Balaban J connectivity index is 1.41. The average Bonchev–Trinajstić information content (AvgIpc) is 3.44. The molecule has 0 saturated carbocycles. The normalized spacial score (nSPS) is 22.7. The number of carbonyl (C=O) groups is 1. The maximum Gasteiger partial charge on any atom is 0.322 e. The summed E-state index contributed by atoms with van der Waals surface area (Å²) in [4.78, 5) is 19.5. The molecule has 196 valence electrons. The third-order valence-electron chi connectivity index (χ3n) is 6.84. The van der Waals surface area contributed by atoms with Crippen LogP contribution in [0.4, 0.5) is 4.39 Å². The molecule has 2 bridgehead atoms. The van der Waals surface area contributed by atoms with E-state index in [1.54, 1.807) is 31.3 Å². The van der Waals surface area contributed by atoms with E-state index in [0.717, 1.165) is 0 Å². The molecule has 2 saturated heterocycles. The van der Waals surface area contributed by atoms with Crippen LogP contribution in [0.2, 0.25) is 5.02 Å². The van der Waals surface area contributed by atoms with Gasteiger partial charge in [0.05, 0.1) is 21.4 Å². The van der Waals surface area contributed by atoms with Crippen LogP contribution in [0.5, 0.6) is 0 Å². The number of ether oxygens (including phenoxy) is 1. The number of aromatic nitrogens is 2.